The average Bonchev–Trinajstić information content (AvgIpc) is 2.48. The summed E-state index contributed by atoms with van der Waals surface area (Å²) < 4.78 is 24.4. The summed E-state index contributed by atoms with van der Waals surface area (Å²) in [5.41, 5.74) is 2.10. The Balaban J connectivity index is 2.25. The first-order valence-electron chi connectivity index (χ1n) is 6.52. The van der Waals surface area contributed by atoms with Crippen LogP contribution in [0.2, 0.25) is 0 Å². The molecule has 20 heavy (non-hydrogen) atoms. The summed E-state index contributed by atoms with van der Waals surface area (Å²) in [4.78, 5) is 0.380. The molecule has 2 aromatic rings. The second-order valence-electron chi connectivity index (χ2n) is 4.96. The molecule has 1 unspecified atom stereocenters. The summed E-state index contributed by atoms with van der Waals surface area (Å²) >= 11 is 4.14. The molecular formula is C16H18O2S2. The number of benzene rings is 2. The van der Waals surface area contributed by atoms with Gasteiger partial charge in [-0.15, -0.1) is 0 Å². The van der Waals surface area contributed by atoms with Crippen molar-refractivity contribution in [1.29, 1.82) is 0 Å². The lowest BCUT2D eigenvalue weighted by molar-refractivity contribution is 0.584. The van der Waals surface area contributed by atoms with E-state index in [9.17, 15) is 8.42 Å². The number of rotatable bonds is 5. The molecule has 0 aromatic heterocycles. The molecule has 0 saturated carbocycles. The predicted octanol–water partition coefficient (Wildman–Crippen LogP) is 3.69. The third-order valence-corrected chi connectivity index (χ3v) is 5.76. The molecule has 0 aliphatic carbocycles. The van der Waals surface area contributed by atoms with Crippen LogP contribution >= 0.6 is 12.6 Å². The number of hydrogen-bond donors (Lipinski definition) is 1. The minimum atomic E-state index is -3.22. The first-order chi connectivity index (χ1) is 9.53. The highest BCUT2D eigenvalue weighted by Gasteiger charge is 2.17. The van der Waals surface area contributed by atoms with Crippen molar-refractivity contribution in [3.8, 4) is 11.1 Å². The van der Waals surface area contributed by atoms with E-state index in [0.29, 0.717) is 10.6 Å². The van der Waals surface area contributed by atoms with Crippen LogP contribution < -0.4 is 0 Å². The molecule has 4 heteroatoms. The molecule has 2 aromatic carbocycles. The highest BCUT2D eigenvalue weighted by Crippen LogP contribution is 2.22. The van der Waals surface area contributed by atoms with Gasteiger partial charge in [0.1, 0.15) is 0 Å². The van der Waals surface area contributed by atoms with Crippen molar-refractivity contribution in [2.75, 3.05) is 11.5 Å². The summed E-state index contributed by atoms with van der Waals surface area (Å²) in [6, 6.07) is 17.0. The maximum absolute atomic E-state index is 12.2. The lowest BCUT2D eigenvalue weighted by atomic mass is 10.1. The topological polar surface area (TPSA) is 34.1 Å². The van der Waals surface area contributed by atoms with E-state index >= 15 is 0 Å². The van der Waals surface area contributed by atoms with E-state index in [1.54, 1.807) is 12.1 Å². The smallest absolute Gasteiger partial charge is 0.178 e. The highest BCUT2D eigenvalue weighted by molar-refractivity contribution is 7.91. The lowest BCUT2D eigenvalue weighted by Gasteiger charge is -2.10. The Morgan fingerprint density at radius 3 is 2.05 bits per heavy atom. The van der Waals surface area contributed by atoms with Crippen LogP contribution in [-0.2, 0) is 9.84 Å². The Morgan fingerprint density at radius 1 is 0.950 bits per heavy atom. The van der Waals surface area contributed by atoms with Gasteiger partial charge in [-0.3, -0.25) is 0 Å². The summed E-state index contributed by atoms with van der Waals surface area (Å²) in [6.07, 6.45) is 0. The van der Waals surface area contributed by atoms with Crippen LogP contribution in [0.25, 0.3) is 11.1 Å². The molecule has 0 saturated heterocycles. The van der Waals surface area contributed by atoms with E-state index in [4.69, 9.17) is 0 Å². The van der Waals surface area contributed by atoms with Crippen LogP contribution in [0.3, 0.4) is 0 Å². The van der Waals surface area contributed by atoms with Crippen LogP contribution in [-0.4, -0.2) is 19.9 Å². The van der Waals surface area contributed by atoms with E-state index in [0.717, 1.165) is 11.1 Å². The Kier molecular flexibility index (Phi) is 4.89. The average molecular weight is 306 g/mol. The van der Waals surface area contributed by atoms with Gasteiger partial charge in [0.15, 0.2) is 9.84 Å². The summed E-state index contributed by atoms with van der Waals surface area (Å²) in [5.74, 6) is 0.764. The van der Waals surface area contributed by atoms with Crippen molar-refractivity contribution in [2.24, 2.45) is 5.92 Å². The summed E-state index contributed by atoms with van der Waals surface area (Å²) in [5, 5.41) is 0. The van der Waals surface area contributed by atoms with Crippen LogP contribution in [0.1, 0.15) is 6.92 Å². The molecule has 0 amide bonds. The fraction of sp³-hybridized carbons (Fsp3) is 0.250. The number of hydrogen-bond acceptors (Lipinski definition) is 3. The maximum atomic E-state index is 12.2. The fourth-order valence-electron chi connectivity index (χ4n) is 2.01. The minimum absolute atomic E-state index is 0.0529. The Hall–Kier alpha value is -1.26. The molecule has 0 bridgehead atoms. The first-order valence-corrected chi connectivity index (χ1v) is 8.80. The van der Waals surface area contributed by atoms with Crippen LogP contribution in [0, 0.1) is 5.92 Å². The van der Waals surface area contributed by atoms with Gasteiger partial charge in [0, 0.05) is 0 Å². The van der Waals surface area contributed by atoms with Crippen LogP contribution in [0.15, 0.2) is 59.5 Å². The zero-order valence-corrected chi connectivity index (χ0v) is 13.1. The third kappa shape index (κ3) is 3.64. The van der Waals surface area contributed by atoms with Gasteiger partial charge in [-0.05, 0) is 34.9 Å². The van der Waals surface area contributed by atoms with Crippen molar-refractivity contribution in [3.63, 3.8) is 0 Å². The van der Waals surface area contributed by atoms with Gasteiger partial charge in [-0.25, -0.2) is 8.42 Å². The minimum Gasteiger partial charge on any atom is -0.224 e. The summed E-state index contributed by atoms with van der Waals surface area (Å²) in [6.45, 7) is 1.89. The molecule has 0 N–H and O–H groups in total. The van der Waals surface area contributed by atoms with E-state index in [-0.39, 0.29) is 11.7 Å². The normalized spacial score (nSPS) is 13.1. The predicted molar refractivity (Wildman–Crippen MR) is 86.9 cm³/mol. The Bertz CT molecular complexity index is 647. The molecule has 2 rings (SSSR count). The monoisotopic (exact) mass is 306 g/mol. The Morgan fingerprint density at radius 2 is 1.50 bits per heavy atom. The molecule has 0 aliphatic rings. The zero-order valence-electron chi connectivity index (χ0n) is 11.4. The number of sulfone groups is 1. The molecular weight excluding hydrogens is 288 g/mol. The van der Waals surface area contributed by atoms with Gasteiger partial charge in [-0.2, -0.15) is 12.6 Å². The number of thiol groups is 1. The standard InChI is InChI=1S/C16H18O2S2/c1-13(11-19)12-20(17,18)16-9-7-15(8-10-16)14-5-3-2-4-6-14/h2-10,13,19H,11-12H2,1H3. The first kappa shape index (κ1) is 15.1. The Labute approximate surface area is 126 Å². The molecule has 0 aliphatic heterocycles. The van der Waals surface area contributed by atoms with E-state index in [2.05, 4.69) is 12.6 Å². The van der Waals surface area contributed by atoms with E-state index in [1.807, 2.05) is 49.4 Å². The molecule has 1 atom stereocenters. The van der Waals surface area contributed by atoms with Crippen molar-refractivity contribution < 1.29 is 8.42 Å². The fourth-order valence-corrected chi connectivity index (χ4v) is 3.92. The lowest BCUT2D eigenvalue weighted by Crippen LogP contribution is -2.15. The van der Waals surface area contributed by atoms with Crippen molar-refractivity contribution in [3.05, 3.63) is 54.6 Å². The van der Waals surface area contributed by atoms with Crippen molar-refractivity contribution in [2.45, 2.75) is 11.8 Å². The van der Waals surface area contributed by atoms with Crippen molar-refractivity contribution >= 4 is 22.5 Å². The largest absolute Gasteiger partial charge is 0.224 e. The highest BCUT2D eigenvalue weighted by atomic mass is 32.2. The van der Waals surface area contributed by atoms with Crippen LogP contribution in [0.4, 0.5) is 0 Å². The molecule has 0 heterocycles. The van der Waals surface area contributed by atoms with Gasteiger partial charge < -0.3 is 0 Å². The van der Waals surface area contributed by atoms with Gasteiger partial charge in [0.05, 0.1) is 10.6 Å². The van der Waals surface area contributed by atoms with Gasteiger partial charge in [-0.1, -0.05) is 49.4 Å². The second kappa shape index (κ2) is 6.46. The molecule has 0 radical (unpaired) electrons. The van der Waals surface area contributed by atoms with Gasteiger partial charge in [0.25, 0.3) is 0 Å². The van der Waals surface area contributed by atoms with Gasteiger partial charge in [0.2, 0.25) is 0 Å². The molecule has 0 fully saturated rings. The van der Waals surface area contributed by atoms with Crippen molar-refractivity contribution in [1.82, 2.24) is 0 Å². The molecule has 106 valence electrons. The van der Waals surface area contributed by atoms with Gasteiger partial charge >= 0.3 is 0 Å². The van der Waals surface area contributed by atoms with E-state index < -0.39 is 9.84 Å². The molecule has 2 nitrogen and oxygen atoms in total. The zero-order chi connectivity index (χ0) is 14.6. The quantitative estimate of drug-likeness (QED) is 0.855. The SMILES string of the molecule is CC(CS)CS(=O)(=O)c1ccc(-c2ccccc2)cc1. The second-order valence-corrected chi connectivity index (χ2v) is 7.36. The van der Waals surface area contributed by atoms with E-state index in [1.165, 1.54) is 0 Å². The third-order valence-electron chi connectivity index (χ3n) is 3.14. The maximum Gasteiger partial charge on any atom is 0.178 e. The summed E-state index contributed by atoms with van der Waals surface area (Å²) in [7, 11) is -3.22. The molecule has 0 spiro atoms. The van der Waals surface area contributed by atoms with Crippen LogP contribution in [0.5, 0.6) is 0 Å².